The predicted molar refractivity (Wildman–Crippen MR) is 116 cm³/mol. The zero-order valence-corrected chi connectivity index (χ0v) is 18.7. The highest BCUT2D eigenvalue weighted by Gasteiger charge is 2.32. The van der Waals surface area contributed by atoms with Crippen molar-refractivity contribution in [2.24, 2.45) is 17.8 Å². The maximum absolute atomic E-state index is 12.3. The van der Waals surface area contributed by atoms with Crippen molar-refractivity contribution in [2.75, 3.05) is 13.2 Å². The largest absolute Gasteiger partial charge is 0.464 e. The lowest BCUT2D eigenvalue weighted by Gasteiger charge is -2.16. The quantitative estimate of drug-likeness (QED) is 0.169. The Bertz CT molecular complexity index is 556. The van der Waals surface area contributed by atoms with Crippen molar-refractivity contribution in [1.29, 1.82) is 0 Å². The van der Waals surface area contributed by atoms with Crippen LogP contribution in [0.2, 0.25) is 0 Å². The zero-order valence-electron chi connectivity index (χ0n) is 18.7. The third-order valence-electron chi connectivity index (χ3n) is 5.98. The lowest BCUT2D eigenvalue weighted by Crippen LogP contribution is -2.31. The average molecular weight is 425 g/mol. The number of hydrogen-bond acceptors (Lipinski definition) is 6. The molecule has 1 aliphatic rings. The van der Waals surface area contributed by atoms with Gasteiger partial charge in [0.15, 0.2) is 5.78 Å². The normalized spacial score (nSPS) is 21.1. The monoisotopic (exact) mass is 424 g/mol. The van der Waals surface area contributed by atoms with E-state index in [0.29, 0.717) is 24.5 Å². The van der Waals surface area contributed by atoms with Crippen molar-refractivity contribution < 1.29 is 29.3 Å². The summed E-state index contributed by atoms with van der Waals surface area (Å²) in [5.41, 5.74) is 0. The van der Waals surface area contributed by atoms with E-state index in [9.17, 15) is 24.6 Å². The molecule has 0 aromatic carbocycles. The summed E-state index contributed by atoms with van der Waals surface area (Å²) in [6.45, 7) is 4.12. The Morgan fingerprint density at radius 2 is 1.97 bits per heavy atom. The van der Waals surface area contributed by atoms with Gasteiger partial charge in [-0.15, -0.1) is 0 Å². The van der Waals surface area contributed by atoms with Crippen molar-refractivity contribution in [3.63, 3.8) is 0 Å². The number of aliphatic hydroxyl groups excluding tert-OH is 2. The van der Waals surface area contributed by atoms with Crippen molar-refractivity contribution in [1.82, 2.24) is 0 Å². The first-order chi connectivity index (χ1) is 14.4. The second-order valence-electron chi connectivity index (χ2n) is 8.35. The molecule has 30 heavy (non-hydrogen) atoms. The minimum atomic E-state index is -1.68. The van der Waals surface area contributed by atoms with Gasteiger partial charge in [-0.05, 0) is 50.9 Å². The summed E-state index contributed by atoms with van der Waals surface area (Å²) in [6.07, 6.45) is 11.5. The van der Waals surface area contributed by atoms with E-state index in [1.807, 2.05) is 0 Å². The second-order valence-corrected chi connectivity index (χ2v) is 8.35. The zero-order chi connectivity index (χ0) is 22.4. The summed E-state index contributed by atoms with van der Waals surface area (Å²) in [7, 11) is 0. The molecule has 1 unspecified atom stereocenters. The van der Waals surface area contributed by atoms with Gasteiger partial charge >= 0.3 is 5.97 Å². The average Bonchev–Trinajstić information content (AvgIpc) is 3.09. The summed E-state index contributed by atoms with van der Waals surface area (Å²) in [5, 5.41) is 19.1. The molecule has 1 fully saturated rings. The fourth-order valence-electron chi connectivity index (χ4n) is 4.09. The summed E-state index contributed by atoms with van der Waals surface area (Å²) in [6, 6.07) is 0. The smallest absolute Gasteiger partial charge is 0.342 e. The molecule has 172 valence electrons. The topological polar surface area (TPSA) is 101 Å². The number of rotatable bonds is 16. The van der Waals surface area contributed by atoms with Gasteiger partial charge in [-0.3, -0.25) is 9.59 Å². The van der Waals surface area contributed by atoms with Crippen LogP contribution in [0.4, 0.5) is 0 Å². The Morgan fingerprint density at radius 3 is 2.63 bits per heavy atom. The first-order valence-corrected chi connectivity index (χ1v) is 11.6. The van der Waals surface area contributed by atoms with Gasteiger partial charge in [-0.2, -0.15) is 0 Å². The molecule has 0 aromatic rings. The molecule has 0 heterocycles. The van der Waals surface area contributed by atoms with E-state index < -0.39 is 17.9 Å². The van der Waals surface area contributed by atoms with Gasteiger partial charge in [-0.25, -0.2) is 4.79 Å². The molecule has 1 saturated carbocycles. The van der Waals surface area contributed by atoms with Gasteiger partial charge in [-0.1, -0.05) is 44.8 Å². The van der Waals surface area contributed by atoms with Crippen LogP contribution in [-0.2, 0) is 19.1 Å². The lowest BCUT2D eigenvalue weighted by molar-refractivity contribution is -0.157. The third kappa shape index (κ3) is 9.52. The van der Waals surface area contributed by atoms with E-state index in [0.717, 1.165) is 51.4 Å². The van der Waals surface area contributed by atoms with Crippen LogP contribution in [0.15, 0.2) is 12.2 Å². The highest BCUT2D eigenvalue weighted by atomic mass is 16.5. The molecule has 6 nitrogen and oxygen atoms in total. The Kier molecular flexibility index (Phi) is 13.5. The van der Waals surface area contributed by atoms with E-state index in [1.54, 1.807) is 6.92 Å². The summed E-state index contributed by atoms with van der Waals surface area (Å²) in [4.78, 5) is 35.4. The highest BCUT2D eigenvalue weighted by Crippen LogP contribution is 2.34. The van der Waals surface area contributed by atoms with E-state index >= 15 is 0 Å². The number of Topliss-reactive ketones (excluding diaryl/α,β-unsaturated/α-hetero) is 2. The van der Waals surface area contributed by atoms with Crippen LogP contribution in [0.25, 0.3) is 0 Å². The number of allylic oxidation sites excluding steroid dienone is 2. The van der Waals surface area contributed by atoms with Crippen molar-refractivity contribution in [3.8, 4) is 0 Å². The fourth-order valence-corrected chi connectivity index (χ4v) is 4.09. The number of carbonyl (C=O) groups excluding carboxylic acids is 3. The van der Waals surface area contributed by atoms with Crippen LogP contribution in [0.5, 0.6) is 0 Å². The minimum absolute atomic E-state index is 0.0466. The number of ether oxygens (including phenoxy) is 1. The standard InChI is InChI=1S/C24H40O6/c1-3-5-10-18(17-25)11-9-12-19-15-16-21(26)20(19)13-7-6-8-14-22(27)23(28)24(29)30-4-2/h9,12,18-20,23,25,28H,3-8,10-11,13-17H2,1-2H3/t18-,19+,20-,23?/m1/s1. The van der Waals surface area contributed by atoms with Gasteiger partial charge in [0, 0.05) is 25.4 Å². The molecule has 1 aliphatic carbocycles. The van der Waals surface area contributed by atoms with Crippen LogP contribution in [0, 0.1) is 17.8 Å². The first kappa shape index (κ1) is 26.5. The molecular weight excluding hydrogens is 384 g/mol. The number of ketones is 2. The summed E-state index contributed by atoms with van der Waals surface area (Å²) < 4.78 is 4.65. The Labute approximate surface area is 181 Å². The van der Waals surface area contributed by atoms with Gasteiger partial charge in [0.1, 0.15) is 5.78 Å². The molecule has 1 rings (SSSR count). The number of aliphatic hydroxyl groups is 2. The number of unbranched alkanes of at least 4 members (excludes halogenated alkanes) is 3. The van der Waals surface area contributed by atoms with E-state index in [4.69, 9.17) is 0 Å². The molecule has 0 spiro atoms. The Balaban J connectivity index is 2.33. The van der Waals surface area contributed by atoms with Gasteiger partial charge < -0.3 is 14.9 Å². The molecule has 4 atom stereocenters. The fraction of sp³-hybridized carbons (Fsp3) is 0.792. The van der Waals surface area contributed by atoms with Crippen molar-refractivity contribution in [3.05, 3.63) is 12.2 Å². The molecule has 0 amide bonds. The minimum Gasteiger partial charge on any atom is -0.464 e. The van der Waals surface area contributed by atoms with E-state index in [2.05, 4.69) is 23.8 Å². The van der Waals surface area contributed by atoms with Crippen LogP contribution in [0.3, 0.4) is 0 Å². The van der Waals surface area contributed by atoms with Gasteiger partial charge in [0.2, 0.25) is 6.10 Å². The molecule has 0 radical (unpaired) electrons. The highest BCUT2D eigenvalue weighted by molar-refractivity contribution is 6.01. The van der Waals surface area contributed by atoms with Crippen LogP contribution in [-0.4, -0.2) is 47.1 Å². The number of carbonyl (C=O) groups is 3. The van der Waals surface area contributed by atoms with Crippen molar-refractivity contribution >= 4 is 17.5 Å². The molecule has 2 N–H and O–H groups in total. The molecule has 0 saturated heterocycles. The molecule has 0 bridgehead atoms. The maximum atomic E-state index is 12.3. The van der Waals surface area contributed by atoms with E-state index in [1.165, 1.54) is 0 Å². The molecule has 6 heteroatoms. The van der Waals surface area contributed by atoms with Crippen LogP contribution < -0.4 is 0 Å². The van der Waals surface area contributed by atoms with Crippen LogP contribution in [0.1, 0.15) is 84.5 Å². The first-order valence-electron chi connectivity index (χ1n) is 11.6. The lowest BCUT2D eigenvalue weighted by atomic mass is 9.88. The summed E-state index contributed by atoms with van der Waals surface area (Å²) >= 11 is 0. The van der Waals surface area contributed by atoms with Gasteiger partial charge in [0.05, 0.1) is 6.61 Å². The summed E-state index contributed by atoms with van der Waals surface area (Å²) in [5.74, 6) is -0.442. The van der Waals surface area contributed by atoms with Crippen LogP contribution >= 0.6 is 0 Å². The third-order valence-corrected chi connectivity index (χ3v) is 5.98. The molecular formula is C24H40O6. The predicted octanol–water partition coefficient (Wildman–Crippen LogP) is 3.77. The molecule has 0 aromatic heterocycles. The SMILES string of the molecule is CCCC[C@@H](CO)CC=C[C@H]1CCC(=O)[C@@H]1CCCCCC(=O)C(O)C(=O)OCC. The second kappa shape index (κ2) is 15.3. The van der Waals surface area contributed by atoms with Gasteiger partial charge in [0.25, 0.3) is 0 Å². The Hall–Kier alpha value is -1.53. The molecule has 0 aliphatic heterocycles. The number of hydrogen-bond donors (Lipinski definition) is 2. The van der Waals surface area contributed by atoms with E-state index in [-0.39, 0.29) is 31.5 Å². The van der Waals surface area contributed by atoms with Crippen molar-refractivity contribution in [2.45, 2.75) is 90.6 Å². The Morgan fingerprint density at radius 1 is 1.20 bits per heavy atom. The maximum Gasteiger partial charge on any atom is 0.342 e. The number of esters is 1.